The molecule has 5 heteroatoms. The first-order chi connectivity index (χ1) is 7.76. The average molecular weight is 227 g/mol. The highest BCUT2D eigenvalue weighted by Gasteiger charge is 2.42. The van der Waals surface area contributed by atoms with Crippen molar-refractivity contribution in [3.05, 3.63) is 0 Å². The molecule has 2 aliphatic rings. The van der Waals surface area contributed by atoms with Crippen LogP contribution in [-0.4, -0.2) is 40.9 Å². The number of aliphatic hydroxyl groups is 1. The minimum atomic E-state index is 0.237. The molecular weight excluding hydrogens is 206 g/mol. The quantitative estimate of drug-likeness (QED) is 0.282. The first-order valence-electron chi connectivity index (χ1n) is 6.09. The Morgan fingerprint density at radius 2 is 2.06 bits per heavy atom. The van der Waals surface area contributed by atoms with Crippen LogP contribution in [0.15, 0.2) is 5.16 Å². The third-order valence-corrected chi connectivity index (χ3v) is 4.05. The van der Waals surface area contributed by atoms with Crippen LogP contribution >= 0.6 is 0 Å². The van der Waals surface area contributed by atoms with Crippen molar-refractivity contribution in [3.8, 4) is 0 Å². The zero-order valence-electron chi connectivity index (χ0n) is 9.55. The molecule has 2 rings (SSSR count). The number of oxime groups is 1. The third-order valence-electron chi connectivity index (χ3n) is 4.05. The van der Waals surface area contributed by atoms with Gasteiger partial charge in [0, 0.05) is 19.7 Å². The van der Waals surface area contributed by atoms with Crippen LogP contribution in [0.2, 0.25) is 0 Å². The molecule has 16 heavy (non-hydrogen) atoms. The van der Waals surface area contributed by atoms with E-state index in [2.05, 4.69) is 5.16 Å². The predicted molar refractivity (Wildman–Crippen MR) is 61.0 cm³/mol. The fourth-order valence-electron chi connectivity index (χ4n) is 2.97. The van der Waals surface area contributed by atoms with E-state index in [1.165, 1.54) is 6.42 Å². The lowest BCUT2D eigenvalue weighted by molar-refractivity contribution is 0.218. The lowest BCUT2D eigenvalue weighted by atomic mass is 9.90. The summed E-state index contributed by atoms with van der Waals surface area (Å²) in [7, 11) is 0. The number of rotatable bonds is 3. The van der Waals surface area contributed by atoms with E-state index in [1.807, 2.05) is 4.90 Å². The molecule has 2 atom stereocenters. The van der Waals surface area contributed by atoms with Crippen LogP contribution in [0.4, 0.5) is 0 Å². The number of hydrogen-bond donors (Lipinski definition) is 3. The van der Waals surface area contributed by atoms with Crippen molar-refractivity contribution < 1.29 is 10.3 Å². The van der Waals surface area contributed by atoms with E-state index in [4.69, 9.17) is 16.0 Å². The van der Waals surface area contributed by atoms with Gasteiger partial charge in [-0.3, -0.25) is 0 Å². The number of likely N-dealkylation sites (tertiary alicyclic amines) is 1. The van der Waals surface area contributed by atoms with Crippen LogP contribution in [0.5, 0.6) is 0 Å². The SMILES string of the molecule is NC(=NO)N1CCC(C2CC2CCO)CC1. The molecule has 0 aromatic rings. The third kappa shape index (κ3) is 2.40. The second kappa shape index (κ2) is 4.91. The lowest BCUT2D eigenvalue weighted by Gasteiger charge is -2.32. The zero-order valence-corrected chi connectivity index (χ0v) is 9.55. The summed E-state index contributed by atoms with van der Waals surface area (Å²) in [6, 6.07) is 0. The van der Waals surface area contributed by atoms with Gasteiger partial charge in [-0.1, -0.05) is 5.16 Å². The summed E-state index contributed by atoms with van der Waals surface area (Å²) in [6.45, 7) is 2.11. The van der Waals surface area contributed by atoms with Gasteiger partial charge in [0.2, 0.25) is 5.96 Å². The molecule has 0 amide bonds. The second-order valence-corrected chi connectivity index (χ2v) is 4.95. The molecule has 0 spiro atoms. The first kappa shape index (κ1) is 11.5. The van der Waals surface area contributed by atoms with Crippen LogP contribution in [-0.2, 0) is 0 Å². The number of aliphatic hydroxyl groups excluding tert-OH is 1. The summed E-state index contributed by atoms with van der Waals surface area (Å²) >= 11 is 0. The molecule has 1 aliphatic carbocycles. The van der Waals surface area contributed by atoms with E-state index in [9.17, 15) is 0 Å². The molecule has 1 aliphatic heterocycles. The fraction of sp³-hybridized carbons (Fsp3) is 0.909. The molecule has 1 saturated carbocycles. The zero-order chi connectivity index (χ0) is 11.5. The van der Waals surface area contributed by atoms with Gasteiger partial charge in [-0.15, -0.1) is 0 Å². The number of guanidine groups is 1. The molecule has 0 radical (unpaired) electrons. The normalized spacial score (nSPS) is 31.8. The summed E-state index contributed by atoms with van der Waals surface area (Å²) in [5.41, 5.74) is 5.55. The Kier molecular flexibility index (Phi) is 3.53. The molecule has 5 nitrogen and oxygen atoms in total. The maximum atomic E-state index is 8.87. The van der Waals surface area contributed by atoms with Crippen LogP contribution in [0.25, 0.3) is 0 Å². The molecular formula is C11H21N3O2. The van der Waals surface area contributed by atoms with Gasteiger partial charge in [0.25, 0.3) is 0 Å². The number of piperidine rings is 1. The van der Waals surface area contributed by atoms with Crippen molar-refractivity contribution in [3.63, 3.8) is 0 Å². The summed E-state index contributed by atoms with van der Waals surface area (Å²) in [6.07, 6.45) is 4.51. The van der Waals surface area contributed by atoms with Crippen molar-refractivity contribution in [2.75, 3.05) is 19.7 Å². The molecule has 1 saturated heterocycles. The first-order valence-corrected chi connectivity index (χ1v) is 6.09. The Hall–Kier alpha value is -0.970. The highest BCUT2D eigenvalue weighted by atomic mass is 16.4. The van der Waals surface area contributed by atoms with Gasteiger partial charge in [0.1, 0.15) is 0 Å². The van der Waals surface area contributed by atoms with E-state index in [0.29, 0.717) is 6.61 Å². The van der Waals surface area contributed by atoms with Gasteiger partial charge < -0.3 is 20.9 Å². The Labute approximate surface area is 95.9 Å². The molecule has 0 bridgehead atoms. The van der Waals surface area contributed by atoms with Crippen molar-refractivity contribution in [1.82, 2.24) is 4.90 Å². The van der Waals surface area contributed by atoms with Crippen molar-refractivity contribution in [2.45, 2.75) is 25.7 Å². The van der Waals surface area contributed by atoms with Crippen LogP contribution in [0.1, 0.15) is 25.7 Å². The average Bonchev–Trinajstić information content (AvgIpc) is 3.08. The number of nitrogens with zero attached hydrogens (tertiary/aromatic N) is 2. The van der Waals surface area contributed by atoms with E-state index < -0.39 is 0 Å². The maximum Gasteiger partial charge on any atom is 0.233 e. The van der Waals surface area contributed by atoms with Gasteiger partial charge in [-0.05, 0) is 43.4 Å². The summed E-state index contributed by atoms with van der Waals surface area (Å²) < 4.78 is 0. The second-order valence-electron chi connectivity index (χ2n) is 4.95. The Balaban J connectivity index is 1.74. The van der Waals surface area contributed by atoms with Crippen molar-refractivity contribution in [1.29, 1.82) is 0 Å². The smallest absolute Gasteiger partial charge is 0.233 e. The largest absolute Gasteiger partial charge is 0.408 e. The highest BCUT2D eigenvalue weighted by Crippen LogP contribution is 2.49. The molecule has 0 aromatic carbocycles. The molecule has 2 fully saturated rings. The molecule has 4 N–H and O–H groups in total. The molecule has 92 valence electrons. The Morgan fingerprint density at radius 3 is 2.62 bits per heavy atom. The van der Waals surface area contributed by atoms with Gasteiger partial charge in [-0.25, -0.2) is 0 Å². The monoisotopic (exact) mass is 227 g/mol. The van der Waals surface area contributed by atoms with E-state index in [1.54, 1.807) is 0 Å². The summed E-state index contributed by atoms with van der Waals surface area (Å²) in [5.74, 6) is 2.59. The van der Waals surface area contributed by atoms with E-state index in [-0.39, 0.29) is 5.96 Å². The summed E-state index contributed by atoms with van der Waals surface area (Å²) in [4.78, 5) is 1.93. The predicted octanol–water partition coefficient (Wildman–Crippen LogP) is 0.421. The fourth-order valence-corrected chi connectivity index (χ4v) is 2.97. The van der Waals surface area contributed by atoms with Gasteiger partial charge in [0.15, 0.2) is 0 Å². The topological polar surface area (TPSA) is 82.1 Å². The van der Waals surface area contributed by atoms with E-state index in [0.717, 1.165) is 50.1 Å². The van der Waals surface area contributed by atoms with Gasteiger partial charge in [0.05, 0.1) is 0 Å². The lowest BCUT2D eigenvalue weighted by Crippen LogP contribution is -2.43. The molecule has 1 heterocycles. The molecule has 2 unspecified atom stereocenters. The maximum absolute atomic E-state index is 8.87. The molecule has 0 aromatic heterocycles. The minimum Gasteiger partial charge on any atom is -0.408 e. The minimum absolute atomic E-state index is 0.237. The Morgan fingerprint density at radius 1 is 1.38 bits per heavy atom. The number of hydrogen-bond acceptors (Lipinski definition) is 3. The Bertz CT molecular complexity index is 262. The summed E-state index contributed by atoms with van der Waals surface area (Å²) in [5, 5.41) is 20.5. The van der Waals surface area contributed by atoms with E-state index >= 15 is 0 Å². The van der Waals surface area contributed by atoms with Crippen LogP contribution < -0.4 is 5.73 Å². The van der Waals surface area contributed by atoms with Crippen molar-refractivity contribution >= 4 is 5.96 Å². The van der Waals surface area contributed by atoms with Gasteiger partial charge in [-0.2, -0.15) is 0 Å². The van der Waals surface area contributed by atoms with Crippen LogP contribution in [0, 0.1) is 17.8 Å². The van der Waals surface area contributed by atoms with Crippen molar-refractivity contribution in [2.24, 2.45) is 28.6 Å². The number of nitrogens with two attached hydrogens (primary N) is 1. The highest BCUT2D eigenvalue weighted by molar-refractivity contribution is 5.77. The van der Waals surface area contributed by atoms with Crippen LogP contribution in [0.3, 0.4) is 0 Å². The van der Waals surface area contributed by atoms with Gasteiger partial charge >= 0.3 is 0 Å². The standard InChI is InChI=1S/C11H21N3O2/c12-11(13-16)14-4-1-8(2-5-14)10-7-9(10)3-6-15/h8-10,15-16H,1-7H2,(H2,12,13).